The Kier molecular flexibility index (Phi) is 8.06. The fourth-order valence-electron chi connectivity index (χ4n) is 4.42. The van der Waals surface area contributed by atoms with Crippen molar-refractivity contribution in [1.29, 1.82) is 0 Å². The molecule has 0 saturated carbocycles. The van der Waals surface area contributed by atoms with E-state index in [-0.39, 0.29) is 24.8 Å². The lowest BCUT2D eigenvalue weighted by atomic mass is 9.79. The Bertz CT molecular complexity index is 698. The Morgan fingerprint density at radius 1 is 1.00 bits per heavy atom. The number of rotatable bonds is 5. The quantitative estimate of drug-likeness (QED) is 0.812. The van der Waals surface area contributed by atoms with Gasteiger partial charge in [-0.05, 0) is 43.3 Å². The highest BCUT2D eigenvalue weighted by Crippen LogP contribution is 2.39. The zero-order chi connectivity index (χ0) is 17.1. The first-order valence-corrected chi connectivity index (χ1v) is 9.25. The second-order valence-corrected chi connectivity index (χ2v) is 7.57. The summed E-state index contributed by atoms with van der Waals surface area (Å²) in [5.74, 6) is 1.28. The van der Waals surface area contributed by atoms with Gasteiger partial charge in [-0.3, -0.25) is 9.80 Å². The molecular weight excluding hydrogens is 385 g/mol. The minimum absolute atomic E-state index is 0. The molecule has 2 fully saturated rings. The topological polar surface area (TPSA) is 71.4 Å². The lowest BCUT2D eigenvalue weighted by Crippen LogP contribution is -2.44. The number of likely N-dealkylation sites (tertiary alicyclic amines) is 2. The summed E-state index contributed by atoms with van der Waals surface area (Å²) in [5, 5.41) is 4.04. The predicted molar refractivity (Wildman–Crippen MR) is 110 cm³/mol. The fourth-order valence-corrected chi connectivity index (χ4v) is 4.42. The zero-order valence-corrected chi connectivity index (χ0v) is 17.2. The third-order valence-electron chi connectivity index (χ3n) is 5.56. The molecule has 1 atom stereocenters. The van der Waals surface area contributed by atoms with E-state index >= 15 is 0 Å². The van der Waals surface area contributed by atoms with Crippen molar-refractivity contribution in [2.75, 3.05) is 26.2 Å². The van der Waals surface area contributed by atoms with Crippen molar-refractivity contribution in [3.8, 4) is 0 Å². The summed E-state index contributed by atoms with van der Waals surface area (Å²) in [5.41, 5.74) is 7.38. The van der Waals surface area contributed by atoms with Crippen LogP contribution in [-0.4, -0.2) is 46.1 Å². The first-order chi connectivity index (χ1) is 12.2. The highest BCUT2D eigenvalue weighted by atomic mass is 35.5. The Balaban J connectivity index is 0.00000131. The molecule has 6 nitrogen and oxygen atoms in total. The highest BCUT2D eigenvalue weighted by Gasteiger charge is 2.41. The van der Waals surface area contributed by atoms with Crippen molar-refractivity contribution in [2.24, 2.45) is 11.1 Å². The van der Waals surface area contributed by atoms with Gasteiger partial charge in [0.25, 0.3) is 0 Å². The van der Waals surface area contributed by atoms with Crippen molar-refractivity contribution in [3.63, 3.8) is 0 Å². The summed E-state index contributed by atoms with van der Waals surface area (Å²) >= 11 is 0. The molecule has 0 aliphatic carbocycles. The lowest BCUT2D eigenvalue weighted by molar-refractivity contribution is 0.0862. The molecule has 2 saturated heterocycles. The Hall–Kier alpha value is -1.18. The van der Waals surface area contributed by atoms with E-state index < -0.39 is 0 Å². The molecule has 2 aliphatic rings. The largest absolute Gasteiger partial charge is 0.338 e. The van der Waals surface area contributed by atoms with Crippen molar-refractivity contribution in [1.82, 2.24) is 19.9 Å². The van der Waals surface area contributed by atoms with Crippen LogP contribution in [0.5, 0.6) is 0 Å². The molecule has 8 heteroatoms. The molecule has 1 aromatic carbocycles. The molecule has 3 heterocycles. The van der Waals surface area contributed by atoms with E-state index in [0.717, 1.165) is 32.0 Å². The first kappa shape index (κ1) is 22.1. The van der Waals surface area contributed by atoms with E-state index in [0.29, 0.717) is 17.9 Å². The van der Waals surface area contributed by atoms with Gasteiger partial charge < -0.3 is 10.3 Å². The normalized spacial score (nSPS) is 23.1. The molecule has 0 amide bonds. The van der Waals surface area contributed by atoms with Crippen LogP contribution in [0.25, 0.3) is 0 Å². The second-order valence-electron chi connectivity index (χ2n) is 7.57. The van der Waals surface area contributed by atoms with Crippen LogP contribution < -0.4 is 5.73 Å². The third kappa shape index (κ3) is 5.42. The number of hydrogen-bond acceptors (Lipinski definition) is 6. The van der Waals surface area contributed by atoms with Gasteiger partial charge in [0, 0.05) is 19.6 Å². The SMILES string of the molecule is Cl.Cl.NCc1nc(CN2CCC3(CCCN(Cc4ccccc4)C3)C2)no1. The van der Waals surface area contributed by atoms with Gasteiger partial charge in [0.05, 0.1) is 13.1 Å². The second kappa shape index (κ2) is 9.85. The van der Waals surface area contributed by atoms with Gasteiger partial charge in [-0.25, -0.2) is 0 Å². The van der Waals surface area contributed by atoms with Gasteiger partial charge in [0.1, 0.15) is 0 Å². The molecular formula is C19H29Cl2N5O. The van der Waals surface area contributed by atoms with Crippen LogP contribution in [0.4, 0.5) is 0 Å². The van der Waals surface area contributed by atoms with E-state index in [4.69, 9.17) is 10.3 Å². The maximum atomic E-state index is 5.55. The molecule has 0 bridgehead atoms. The van der Waals surface area contributed by atoms with Crippen LogP contribution >= 0.6 is 24.8 Å². The number of nitrogens with two attached hydrogens (primary N) is 1. The smallest absolute Gasteiger partial charge is 0.240 e. The molecule has 27 heavy (non-hydrogen) atoms. The molecule has 1 spiro atoms. The average molecular weight is 414 g/mol. The van der Waals surface area contributed by atoms with E-state index in [9.17, 15) is 0 Å². The Morgan fingerprint density at radius 2 is 1.74 bits per heavy atom. The molecule has 1 aromatic heterocycles. The van der Waals surface area contributed by atoms with Gasteiger partial charge in [-0.1, -0.05) is 35.5 Å². The van der Waals surface area contributed by atoms with Crippen LogP contribution in [-0.2, 0) is 19.6 Å². The minimum atomic E-state index is 0. The third-order valence-corrected chi connectivity index (χ3v) is 5.56. The number of hydrogen-bond donors (Lipinski definition) is 1. The average Bonchev–Trinajstić information content (AvgIpc) is 3.23. The minimum Gasteiger partial charge on any atom is -0.338 e. The summed E-state index contributed by atoms with van der Waals surface area (Å²) < 4.78 is 5.12. The zero-order valence-electron chi connectivity index (χ0n) is 15.5. The van der Waals surface area contributed by atoms with Gasteiger partial charge in [0.15, 0.2) is 5.82 Å². The highest BCUT2D eigenvalue weighted by molar-refractivity contribution is 5.85. The maximum Gasteiger partial charge on any atom is 0.240 e. The van der Waals surface area contributed by atoms with Crippen molar-refractivity contribution >= 4 is 24.8 Å². The van der Waals surface area contributed by atoms with Gasteiger partial charge in [0.2, 0.25) is 5.89 Å². The van der Waals surface area contributed by atoms with Gasteiger partial charge in [-0.15, -0.1) is 24.8 Å². The van der Waals surface area contributed by atoms with E-state index in [2.05, 4.69) is 50.3 Å². The number of halogens is 2. The van der Waals surface area contributed by atoms with Crippen LogP contribution in [0.2, 0.25) is 0 Å². The molecule has 2 aliphatic heterocycles. The van der Waals surface area contributed by atoms with Crippen LogP contribution in [0.15, 0.2) is 34.9 Å². The standard InChI is InChI=1S/C19H27N5O.2ClH/c20-11-18-21-17(22-25-18)13-24-10-8-19(15-24)7-4-9-23(14-19)12-16-5-2-1-3-6-16;;/h1-3,5-6H,4,7-15,20H2;2*1H. The molecule has 1 unspecified atom stereocenters. The number of aromatic nitrogens is 2. The van der Waals surface area contributed by atoms with Crippen molar-refractivity contribution < 1.29 is 4.52 Å². The summed E-state index contributed by atoms with van der Waals surface area (Å²) in [7, 11) is 0. The van der Waals surface area contributed by atoms with Crippen LogP contribution in [0.1, 0.15) is 36.5 Å². The summed E-state index contributed by atoms with van der Waals surface area (Å²) in [6, 6.07) is 10.8. The first-order valence-electron chi connectivity index (χ1n) is 9.25. The molecule has 4 rings (SSSR count). The number of nitrogens with zero attached hydrogens (tertiary/aromatic N) is 4. The maximum absolute atomic E-state index is 5.55. The Morgan fingerprint density at radius 3 is 2.44 bits per heavy atom. The van der Waals surface area contributed by atoms with Gasteiger partial charge >= 0.3 is 0 Å². The van der Waals surface area contributed by atoms with Gasteiger partial charge in [-0.2, -0.15) is 4.98 Å². The van der Waals surface area contributed by atoms with Crippen LogP contribution in [0.3, 0.4) is 0 Å². The van der Waals surface area contributed by atoms with Crippen molar-refractivity contribution in [2.45, 2.75) is 38.9 Å². The van der Waals surface area contributed by atoms with E-state index in [1.807, 2.05) is 0 Å². The number of piperidine rings is 1. The van der Waals surface area contributed by atoms with Crippen LogP contribution in [0, 0.1) is 5.41 Å². The molecule has 0 radical (unpaired) electrons. The van der Waals surface area contributed by atoms with E-state index in [1.54, 1.807) is 0 Å². The predicted octanol–water partition coefficient (Wildman–Crippen LogP) is 2.86. The Labute approximate surface area is 173 Å². The molecule has 2 aromatic rings. The molecule has 2 N–H and O–H groups in total. The summed E-state index contributed by atoms with van der Waals surface area (Å²) in [6.07, 6.45) is 3.88. The van der Waals surface area contributed by atoms with Crippen molar-refractivity contribution in [3.05, 3.63) is 47.6 Å². The summed E-state index contributed by atoms with van der Waals surface area (Å²) in [4.78, 5) is 9.44. The fraction of sp³-hybridized carbons (Fsp3) is 0.579. The lowest BCUT2D eigenvalue weighted by Gasteiger charge is -2.40. The number of benzene rings is 1. The summed E-state index contributed by atoms with van der Waals surface area (Å²) in [6.45, 7) is 6.79. The molecule has 150 valence electrons. The van der Waals surface area contributed by atoms with E-state index in [1.165, 1.54) is 37.9 Å². The monoisotopic (exact) mass is 413 g/mol.